The lowest BCUT2D eigenvalue weighted by molar-refractivity contribution is 0.294. The molecule has 2 aromatic rings. The van der Waals surface area contributed by atoms with Gasteiger partial charge in [0.15, 0.2) is 0 Å². The molecule has 0 atom stereocenters. The van der Waals surface area contributed by atoms with Crippen molar-refractivity contribution in [3.05, 3.63) is 56.7 Å². The smallest absolute Gasteiger partial charge is 0.133 e. The van der Waals surface area contributed by atoms with Gasteiger partial charge in [-0.3, -0.25) is 0 Å². The number of benzene rings is 2. The first-order chi connectivity index (χ1) is 16.6. The van der Waals surface area contributed by atoms with Crippen LogP contribution in [0.25, 0.3) is 12.2 Å². The highest BCUT2D eigenvalue weighted by Gasteiger charge is 2.10. The highest BCUT2D eigenvalue weighted by atomic mass is 127. The molecule has 0 radical (unpaired) electrons. The van der Waals surface area contributed by atoms with Crippen molar-refractivity contribution in [3.63, 3.8) is 0 Å². The first-order valence-electron chi connectivity index (χ1n) is 13.5. The van der Waals surface area contributed by atoms with Crippen LogP contribution in [0.5, 0.6) is 11.5 Å². The fourth-order valence-corrected chi connectivity index (χ4v) is 4.50. The topological polar surface area (TPSA) is 18.5 Å². The largest absolute Gasteiger partial charge is 0.493 e. The third kappa shape index (κ3) is 11.8. The first kappa shape index (κ1) is 28.7. The molecule has 0 saturated carbocycles. The van der Waals surface area contributed by atoms with Gasteiger partial charge in [-0.15, -0.1) is 0 Å². The third-order valence-electron chi connectivity index (χ3n) is 6.11. The standard InChI is InChI=1S/C31H45IO2/c1-4-6-8-10-12-14-22-33-30-25-29(32)31(34-23-15-13-11-9-7-5-2)24-28(30)21-20-27-18-16-26(3)17-19-27/h16-21,24-25H,4-15,22-23H2,1-3H3/b21-20+. The maximum absolute atomic E-state index is 6.26. The summed E-state index contributed by atoms with van der Waals surface area (Å²) in [6.45, 7) is 8.19. The van der Waals surface area contributed by atoms with Crippen molar-refractivity contribution in [2.45, 2.75) is 97.8 Å². The van der Waals surface area contributed by atoms with Gasteiger partial charge in [0, 0.05) is 5.56 Å². The Hall–Kier alpha value is -1.49. The van der Waals surface area contributed by atoms with Gasteiger partial charge in [-0.25, -0.2) is 0 Å². The van der Waals surface area contributed by atoms with Gasteiger partial charge in [0.05, 0.1) is 16.8 Å². The SMILES string of the molecule is CCCCCCCCOc1cc(/C=C/c2ccc(C)cc2)c(OCCCCCCCC)cc1I. The van der Waals surface area contributed by atoms with E-state index in [2.05, 4.69) is 91.9 Å². The number of unbranched alkanes of at least 4 members (excludes halogenated alkanes) is 10. The van der Waals surface area contributed by atoms with Crippen molar-refractivity contribution < 1.29 is 9.47 Å². The Bertz CT molecular complexity index is 826. The number of ether oxygens (including phenoxy) is 2. The van der Waals surface area contributed by atoms with Crippen LogP contribution in [-0.4, -0.2) is 13.2 Å². The van der Waals surface area contributed by atoms with Crippen LogP contribution in [0.2, 0.25) is 0 Å². The molecule has 0 bridgehead atoms. The zero-order chi connectivity index (χ0) is 24.4. The van der Waals surface area contributed by atoms with E-state index < -0.39 is 0 Å². The predicted molar refractivity (Wildman–Crippen MR) is 157 cm³/mol. The summed E-state index contributed by atoms with van der Waals surface area (Å²) in [6, 6.07) is 12.9. The van der Waals surface area contributed by atoms with Gasteiger partial charge in [-0.1, -0.05) is 120 Å². The predicted octanol–water partition coefficient (Wildman–Crippen LogP) is 10.2. The Balaban J connectivity index is 2.00. The molecule has 3 heteroatoms. The minimum atomic E-state index is 0.769. The van der Waals surface area contributed by atoms with Crippen LogP contribution in [0.1, 0.15) is 108 Å². The number of hydrogen-bond acceptors (Lipinski definition) is 2. The van der Waals surface area contributed by atoms with Crippen LogP contribution in [0.3, 0.4) is 0 Å². The Kier molecular flexibility index (Phi) is 15.1. The van der Waals surface area contributed by atoms with Crippen LogP contribution >= 0.6 is 22.6 Å². The van der Waals surface area contributed by atoms with E-state index in [0.717, 1.165) is 46.7 Å². The average molecular weight is 577 g/mol. The van der Waals surface area contributed by atoms with E-state index in [1.807, 2.05) is 0 Å². The van der Waals surface area contributed by atoms with E-state index in [1.165, 1.54) is 75.3 Å². The number of rotatable bonds is 18. The molecule has 0 aromatic heterocycles. The lowest BCUT2D eigenvalue weighted by atomic mass is 10.1. The number of aryl methyl sites for hydroxylation is 1. The maximum Gasteiger partial charge on any atom is 0.133 e. The summed E-state index contributed by atoms with van der Waals surface area (Å²) in [6.07, 6.45) is 19.6. The molecule has 0 aliphatic carbocycles. The van der Waals surface area contributed by atoms with Crippen molar-refractivity contribution >= 4 is 34.7 Å². The Morgan fingerprint density at radius 1 is 0.647 bits per heavy atom. The fraction of sp³-hybridized carbons (Fsp3) is 0.548. The lowest BCUT2D eigenvalue weighted by Gasteiger charge is -2.14. The minimum Gasteiger partial charge on any atom is -0.493 e. The highest BCUT2D eigenvalue weighted by molar-refractivity contribution is 14.1. The fourth-order valence-electron chi connectivity index (χ4n) is 3.91. The van der Waals surface area contributed by atoms with E-state index in [0.29, 0.717) is 0 Å². The molecule has 0 spiro atoms. The quantitative estimate of drug-likeness (QED) is 0.0999. The van der Waals surface area contributed by atoms with Crippen molar-refractivity contribution in [2.75, 3.05) is 13.2 Å². The summed E-state index contributed by atoms with van der Waals surface area (Å²) in [5, 5.41) is 0. The molecule has 0 heterocycles. The second-order valence-electron chi connectivity index (χ2n) is 9.30. The highest BCUT2D eigenvalue weighted by Crippen LogP contribution is 2.32. The molecule has 0 aliphatic rings. The summed E-state index contributed by atoms with van der Waals surface area (Å²) in [7, 11) is 0. The summed E-state index contributed by atoms with van der Waals surface area (Å²) in [4.78, 5) is 0. The van der Waals surface area contributed by atoms with Gasteiger partial charge in [0.2, 0.25) is 0 Å². The molecule has 0 amide bonds. The maximum atomic E-state index is 6.26. The minimum absolute atomic E-state index is 0.769. The second kappa shape index (κ2) is 17.9. The van der Waals surface area contributed by atoms with Gasteiger partial charge in [-0.2, -0.15) is 0 Å². The van der Waals surface area contributed by atoms with Gasteiger partial charge >= 0.3 is 0 Å². The molecule has 188 valence electrons. The van der Waals surface area contributed by atoms with E-state index in [4.69, 9.17) is 9.47 Å². The Labute approximate surface area is 222 Å². The normalized spacial score (nSPS) is 11.3. The molecular formula is C31H45IO2. The Morgan fingerprint density at radius 2 is 1.18 bits per heavy atom. The van der Waals surface area contributed by atoms with E-state index in [9.17, 15) is 0 Å². The summed E-state index contributed by atoms with van der Waals surface area (Å²) in [5.41, 5.74) is 3.56. The number of hydrogen-bond donors (Lipinski definition) is 0. The Morgan fingerprint density at radius 3 is 1.76 bits per heavy atom. The first-order valence-corrected chi connectivity index (χ1v) is 14.6. The van der Waals surface area contributed by atoms with E-state index in [-0.39, 0.29) is 0 Å². The van der Waals surface area contributed by atoms with Crippen LogP contribution < -0.4 is 9.47 Å². The lowest BCUT2D eigenvalue weighted by Crippen LogP contribution is -2.03. The summed E-state index contributed by atoms with van der Waals surface area (Å²) >= 11 is 2.38. The molecule has 0 fully saturated rings. The van der Waals surface area contributed by atoms with Gasteiger partial charge in [0.25, 0.3) is 0 Å². The van der Waals surface area contributed by atoms with E-state index in [1.54, 1.807) is 0 Å². The van der Waals surface area contributed by atoms with Crippen LogP contribution in [0, 0.1) is 10.5 Å². The molecule has 0 aliphatic heterocycles. The zero-order valence-corrected chi connectivity index (χ0v) is 23.9. The average Bonchev–Trinajstić information content (AvgIpc) is 2.84. The van der Waals surface area contributed by atoms with Gasteiger partial charge in [0.1, 0.15) is 11.5 Å². The molecular weight excluding hydrogens is 531 g/mol. The van der Waals surface area contributed by atoms with Crippen LogP contribution in [0.15, 0.2) is 36.4 Å². The number of halogens is 1. The molecule has 2 aromatic carbocycles. The monoisotopic (exact) mass is 576 g/mol. The van der Waals surface area contributed by atoms with Crippen LogP contribution in [-0.2, 0) is 0 Å². The second-order valence-corrected chi connectivity index (χ2v) is 10.5. The van der Waals surface area contributed by atoms with Gasteiger partial charge < -0.3 is 9.47 Å². The van der Waals surface area contributed by atoms with Crippen molar-refractivity contribution in [1.82, 2.24) is 0 Å². The molecule has 0 saturated heterocycles. The molecule has 2 nitrogen and oxygen atoms in total. The summed E-state index contributed by atoms with van der Waals surface area (Å²) < 4.78 is 13.6. The van der Waals surface area contributed by atoms with Crippen molar-refractivity contribution in [2.24, 2.45) is 0 Å². The molecule has 34 heavy (non-hydrogen) atoms. The molecule has 0 unspecified atom stereocenters. The molecule has 0 N–H and O–H groups in total. The zero-order valence-electron chi connectivity index (χ0n) is 21.7. The third-order valence-corrected chi connectivity index (χ3v) is 6.95. The van der Waals surface area contributed by atoms with E-state index >= 15 is 0 Å². The van der Waals surface area contributed by atoms with Crippen molar-refractivity contribution in [3.8, 4) is 11.5 Å². The molecule has 2 rings (SSSR count). The van der Waals surface area contributed by atoms with Gasteiger partial charge in [-0.05, 0) is 60.1 Å². The van der Waals surface area contributed by atoms with Crippen molar-refractivity contribution in [1.29, 1.82) is 0 Å². The summed E-state index contributed by atoms with van der Waals surface area (Å²) in [5.74, 6) is 1.91. The van der Waals surface area contributed by atoms with Crippen LogP contribution in [0.4, 0.5) is 0 Å².